The van der Waals surface area contributed by atoms with Gasteiger partial charge in [0.15, 0.2) is 0 Å². The average molecular weight is 221 g/mol. The normalized spacial score (nSPS) is 37.6. The summed E-state index contributed by atoms with van der Waals surface area (Å²) in [6.45, 7) is 1.92. The molecule has 0 amide bonds. The summed E-state index contributed by atoms with van der Waals surface area (Å²) >= 11 is 0. The van der Waals surface area contributed by atoms with E-state index in [2.05, 4.69) is 5.32 Å². The molecule has 0 aromatic heterocycles. The van der Waals surface area contributed by atoms with Gasteiger partial charge in [-0.1, -0.05) is 18.2 Å². The van der Waals surface area contributed by atoms with Crippen molar-refractivity contribution in [3.8, 4) is 0 Å². The predicted molar refractivity (Wildman–Crippen MR) is 59.4 cm³/mol. The number of rotatable bonds is 1. The molecule has 86 valence electrons. The second kappa shape index (κ2) is 3.54. The van der Waals surface area contributed by atoms with Crippen LogP contribution < -0.4 is 5.32 Å². The van der Waals surface area contributed by atoms with Crippen molar-refractivity contribution in [3.05, 3.63) is 35.6 Å². The monoisotopic (exact) mass is 221 g/mol. The van der Waals surface area contributed by atoms with E-state index in [9.17, 15) is 9.50 Å². The second-order valence-corrected chi connectivity index (χ2v) is 5.10. The summed E-state index contributed by atoms with van der Waals surface area (Å²) in [6.07, 6.45) is 1.37. The Bertz CT molecular complexity index is 395. The molecule has 1 aliphatic carbocycles. The Labute approximate surface area is 94.5 Å². The van der Waals surface area contributed by atoms with E-state index in [1.54, 1.807) is 18.2 Å². The Balaban J connectivity index is 1.93. The second-order valence-electron chi connectivity index (χ2n) is 5.10. The first-order chi connectivity index (χ1) is 7.69. The molecule has 1 aromatic rings. The molecule has 1 aliphatic heterocycles. The van der Waals surface area contributed by atoms with Gasteiger partial charge in [-0.15, -0.1) is 0 Å². The van der Waals surface area contributed by atoms with Crippen LogP contribution >= 0.6 is 0 Å². The predicted octanol–water partition coefficient (Wildman–Crippen LogP) is 1.64. The Morgan fingerprint density at radius 3 is 2.44 bits per heavy atom. The van der Waals surface area contributed by atoms with Crippen molar-refractivity contribution < 1.29 is 9.50 Å². The lowest BCUT2D eigenvalue weighted by atomic mass is 9.90. The molecule has 3 heteroatoms. The van der Waals surface area contributed by atoms with E-state index in [-0.39, 0.29) is 5.82 Å². The van der Waals surface area contributed by atoms with Gasteiger partial charge in [-0.2, -0.15) is 0 Å². The lowest BCUT2D eigenvalue weighted by molar-refractivity contribution is 0.0323. The SMILES string of the molecule is OC1(c2ccccc2F)CC2CNCC2C1. The summed E-state index contributed by atoms with van der Waals surface area (Å²) in [5, 5.41) is 13.9. The maximum Gasteiger partial charge on any atom is 0.129 e. The van der Waals surface area contributed by atoms with Gasteiger partial charge >= 0.3 is 0 Å². The lowest BCUT2D eigenvalue weighted by Gasteiger charge is -2.24. The van der Waals surface area contributed by atoms with Crippen molar-refractivity contribution in [2.45, 2.75) is 18.4 Å². The average Bonchev–Trinajstić information content (AvgIpc) is 2.76. The van der Waals surface area contributed by atoms with Crippen molar-refractivity contribution >= 4 is 0 Å². The highest BCUT2D eigenvalue weighted by atomic mass is 19.1. The van der Waals surface area contributed by atoms with Crippen molar-refractivity contribution in [2.75, 3.05) is 13.1 Å². The summed E-state index contributed by atoms with van der Waals surface area (Å²) in [4.78, 5) is 0. The van der Waals surface area contributed by atoms with Crippen molar-refractivity contribution in [1.82, 2.24) is 5.32 Å². The van der Waals surface area contributed by atoms with Crippen LogP contribution in [0.3, 0.4) is 0 Å². The standard InChI is InChI=1S/C13H16FNO/c14-12-4-2-1-3-11(12)13(16)5-9-7-15-8-10(9)6-13/h1-4,9-10,15-16H,5-8H2. The largest absolute Gasteiger partial charge is 0.385 e. The number of hydrogen-bond acceptors (Lipinski definition) is 2. The molecule has 1 heterocycles. The maximum absolute atomic E-state index is 13.7. The number of halogens is 1. The molecule has 1 aromatic carbocycles. The molecule has 0 spiro atoms. The number of nitrogens with one attached hydrogen (secondary N) is 1. The first-order valence-electron chi connectivity index (χ1n) is 5.87. The van der Waals surface area contributed by atoms with E-state index >= 15 is 0 Å². The van der Waals surface area contributed by atoms with E-state index in [1.165, 1.54) is 6.07 Å². The van der Waals surface area contributed by atoms with Crippen LogP contribution in [0.5, 0.6) is 0 Å². The fourth-order valence-corrected chi connectivity index (χ4v) is 3.27. The van der Waals surface area contributed by atoms with E-state index in [4.69, 9.17) is 0 Å². The minimum absolute atomic E-state index is 0.280. The summed E-state index contributed by atoms with van der Waals surface area (Å²) in [7, 11) is 0. The van der Waals surface area contributed by atoms with Gasteiger partial charge in [-0.05, 0) is 43.8 Å². The third kappa shape index (κ3) is 1.46. The van der Waals surface area contributed by atoms with Crippen LogP contribution in [-0.4, -0.2) is 18.2 Å². The van der Waals surface area contributed by atoms with Crippen molar-refractivity contribution in [3.63, 3.8) is 0 Å². The summed E-state index contributed by atoms with van der Waals surface area (Å²) in [6, 6.07) is 6.60. The van der Waals surface area contributed by atoms with Crippen LogP contribution in [0.25, 0.3) is 0 Å². The molecule has 2 N–H and O–H groups in total. The quantitative estimate of drug-likeness (QED) is 0.755. The summed E-state index contributed by atoms with van der Waals surface area (Å²) in [5.41, 5.74) is -0.465. The first kappa shape index (κ1) is 10.2. The highest BCUT2D eigenvalue weighted by Crippen LogP contribution is 2.47. The molecule has 2 unspecified atom stereocenters. The highest BCUT2D eigenvalue weighted by molar-refractivity contribution is 5.26. The van der Waals surface area contributed by atoms with Gasteiger partial charge in [0.25, 0.3) is 0 Å². The number of hydrogen-bond donors (Lipinski definition) is 2. The third-order valence-corrected chi connectivity index (χ3v) is 4.05. The molecule has 0 bridgehead atoms. The van der Waals surface area contributed by atoms with Gasteiger partial charge in [0, 0.05) is 5.56 Å². The summed E-state index contributed by atoms with van der Waals surface area (Å²) < 4.78 is 13.7. The molecule has 2 fully saturated rings. The topological polar surface area (TPSA) is 32.3 Å². The zero-order chi connectivity index (χ0) is 11.2. The third-order valence-electron chi connectivity index (χ3n) is 4.05. The van der Waals surface area contributed by atoms with Crippen LogP contribution in [0.4, 0.5) is 4.39 Å². The smallest absolute Gasteiger partial charge is 0.129 e. The Kier molecular flexibility index (Phi) is 2.26. The molecule has 16 heavy (non-hydrogen) atoms. The van der Waals surface area contributed by atoms with Crippen LogP contribution in [0.15, 0.2) is 24.3 Å². The molecule has 1 saturated carbocycles. The van der Waals surface area contributed by atoms with Crippen LogP contribution in [0.1, 0.15) is 18.4 Å². The number of fused-ring (bicyclic) bond motifs is 1. The van der Waals surface area contributed by atoms with Gasteiger partial charge < -0.3 is 10.4 Å². The number of aliphatic hydroxyl groups is 1. The van der Waals surface area contributed by atoms with Gasteiger partial charge in [0.1, 0.15) is 5.82 Å². The molecule has 0 radical (unpaired) electrons. The van der Waals surface area contributed by atoms with E-state index in [0.29, 0.717) is 30.2 Å². The van der Waals surface area contributed by atoms with Gasteiger partial charge in [0.05, 0.1) is 5.60 Å². The fourth-order valence-electron chi connectivity index (χ4n) is 3.27. The molecule has 2 aliphatic rings. The maximum atomic E-state index is 13.7. The molecule has 3 rings (SSSR count). The Morgan fingerprint density at radius 1 is 1.19 bits per heavy atom. The molecule has 2 nitrogen and oxygen atoms in total. The van der Waals surface area contributed by atoms with Crippen molar-refractivity contribution in [2.24, 2.45) is 11.8 Å². The minimum atomic E-state index is -0.942. The van der Waals surface area contributed by atoms with Crippen LogP contribution in [0.2, 0.25) is 0 Å². The zero-order valence-corrected chi connectivity index (χ0v) is 9.12. The Hall–Kier alpha value is -0.930. The zero-order valence-electron chi connectivity index (χ0n) is 9.12. The van der Waals surface area contributed by atoms with Gasteiger partial charge in [-0.25, -0.2) is 4.39 Å². The van der Waals surface area contributed by atoms with Crippen LogP contribution in [0, 0.1) is 17.7 Å². The molecule has 1 saturated heterocycles. The molecular formula is C13H16FNO. The van der Waals surface area contributed by atoms with Gasteiger partial charge in [0.2, 0.25) is 0 Å². The lowest BCUT2D eigenvalue weighted by Crippen LogP contribution is -2.26. The highest BCUT2D eigenvalue weighted by Gasteiger charge is 2.47. The van der Waals surface area contributed by atoms with E-state index in [0.717, 1.165) is 13.1 Å². The molecular weight excluding hydrogens is 205 g/mol. The molecule has 2 atom stereocenters. The van der Waals surface area contributed by atoms with Crippen molar-refractivity contribution in [1.29, 1.82) is 0 Å². The fraction of sp³-hybridized carbons (Fsp3) is 0.538. The van der Waals surface area contributed by atoms with E-state index < -0.39 is 5.60 Å². The minimum Gasteiger partial charge on any atom is -0.385 e. The number of benzene rings is 1. The van der Waals surface area contributed by atoms with Gasteiger partial charge in [-0.3, -0.25) is 0 Å². The Morgan fingerprint density at radius 2 is 1.81 bits per heavy atom. The van der Waals surface area contributed by atoms with Crippen LogP contribution in [-0.2, 0) is 5.60 Å². The van der Waals surface area contributed by atoms with E-state index in [1.807, 2.05) is 0 Å². The summed E-state index contributed by atoms with van der Waals surface area (Å²) in [5.74, 6) is 0.729. The first-order valence-corrected chi connectivity index (χ1v) is 5.87.